The van der Waals surface area contributed by atoms with E-state index in [9.17, 15) is 26.4 Å². The fourth-order valence-electron chi connectivity index (χ4n) is 4.39. The van der Waals surface area contributed by atoms with E-state index in [1.165, 1.54) is 18.2 Å². The van der Waals surface area contributed by atoms with Crippen LogP contribution in [0.2, 0.25) is 5.02 Å². The van der Waals surface area contributed by atoms with Crippen LogP contribution in [0.5, 0.6) is 11.5 Å². The number of fused-ring (bicyclic) bond motifs is 1. The molecular formula is C26H24Cl2F3N3O5S. The Kier molecular flexibility index (Phi) is 8.74. The summed E-state index contributed by atoms with van der Waals surface area (Å²) >= 11 is 6.25. The zero-order valence-corrected chi connectivity index (χ0v) is 23.2. The van der Waals surface area contributed by atoms with Gasteiger partial charge in [0.1, 0.15) is 0 Å². The van der Waals surface area contributed by atoms with Crippen molar-refractivity contribution >= 4 is 45.6 Å². The molecule has 1 N–H and O–H groups in total. The lowest BCUT2D eigenvalue weighted by molar-refractivity contribution is -0.137. The van der Waals surface area contributed by atoms with Gasteiger partial charge in [0.2, 0.25) is 6.79 Å². The molecule has 3 aromatic rings. The van der Waals surface area contributed by atoms with E-state index in [1.54, 1.807) is 4.90 Å². The molecule has 2 aliphatic rings. The van der Waals surface area contributed by atoms with Crippen LogP contribution in [0.15, 0.2) is 65.6 Å². The van der Waals surface area contributed by atoms with Crippen molar-refractivity contribution in [2.45, 2.75) is 17.6 Å². The average Bonchev–Trinajstić information content (AvgIpc) is 3.36. The first-order valence-electron chi connectivity index (χ1n) is 11.9. The van der Waals surface area contributed by atoms with E-state index in [0.29, 0.717) is 50.3 Å². The summed E-state index contributed by atoms with van der Waals surface area (Å²) in [6, 6.07) is 13.2. The molecule has 3 aromatic carbocycles. The minimum absolute atomic E-state index is 0. The highest BCUT2D eigenvalue weighted by Crippen LogP contribution is 2.33. The van der Waals surface area contributed by atoms with Crippen molar-refractivity contribution in [3.63, 3.8) is 0 Å². The van der Waals surface area contributed by atoms with Gasteiger partial charge in [-0.05, 0) is 54.1 Å². The van der Waals surface area contributed by atoms with E-state index in [4.69, 9.17) is 21.1 Å². The van der Waals surface area contributed by atoms with Crippen molar-refractivity contribution < 1.29 is 35.9 Å². The van der Waals surface area contributed by atoms with Crippen LogP contribution in [0.4, 0.5) is 18.9 Å². The molecule has 0 spiro atoms. The second-order valence-corrected chi connectivity index (χ2v) is 11.2. The second kappa shape index (κ2) is 11.7. The highest BCUT2D eigenvalue weighted by Gasteiger charge is 2.31. The molecule has 2 heterocycles. The van der Waals surface area contributed by atoms with Gasteiger partial charge >= 0.3 is 6.18 Å². The molecule has 1 amide bonds. The summed E-state index contributed by atoms with van der Waals surface area (Å²) in [5.41, 5.74) is -0.209. The Bertz CT molecular complexity index is 1510. The fourth-order valence-corrected chi connectivity index (χ4v) is 5.66. The minimum Gasteiger partial charge on any atom is -0.454 e. The smallest absolute Gasteiger partial charge is 0.416 e. The molecule has 0 atom stereocenters. The first kappa shape index (κ1) is 29.8. The number of piperazine rings is 1. The highest BCUT2D eigenvalue weighted by molar-refractivity contribution is 7.92. The number of sulfonamides is 1. The number of benzene rings is 3. The predicted octanol–water partition coefficient (Wildman–Crippen LogP) is 5.27. The number of amides is 1. The Labute approximate surface area is 240 Å². The molecule has 214 valence electrons. The van der Waals surface area contributed by atoms with E-state index in [-0.39, 0.29) is 40.4 Å². The second-order valence-electron chi connectivity index (χ2n) is 9.08. The third kappa shape index (κ3) is 6.57. The number of hydrogen-bond donors (Lipinski definition) is 1. The maximum atomic E-state index is 13.3. The molecule has 0 aromatic heterocycles. The van der Waals surface area contributed by atoms with E-state index in [1.807, 2.05) is 18.2 Å². The molecule has 0 radical (unpaired) electrons. The molecule has 40 heavy (non-hydrogen) atoms. The number of carbonyl (C=O) groups is 1. The average molecular weight is 618 g/mol. The number of carbonyl (C=O) groups excluding carboxylic acids is 1. The molecule has 0 saturated carbocycles. The standard InChI is InChI=1S/C26H23ClF3N3O5S.ClH/c27-22-6-5-20(39(35,36)31-19-3-1-2-18(13-19)26(28,29)30)14-21(22)25(34)33-10-8-32(9-11-33)15-17-4-7-23-24(12-17)38-16-37-23;/h1-7,12-14,31H,8-11,15-16H2;1H. The molecule has 0 unspecified atom stereocenters. The lowest BCUT2D eigenvalue weighted by Gasteiger charge is -2.35. The fraction of sp³-hybridized carbons (Fsp3) is 0.269. The number of halogens is 5. The van der Waals surface area contributed by atoms with Gasteiger partial charge < -0.3 is 14.4 Å². The number of ether oxygens (including phenoxy) is 2. The van der Waals surface area contributed by atoms with E-state index < -0.39 is 27.7 Å². The number of nitrogens with zero attached hydrogens (tertiary/aromatic N) is 2. The summed E-state index contributed by atoms with van der Waals surface area (Å²) in [5.74, 6) is 0.979. The van der Waals surface area contributed by atoms with Crippen LogP contribution in [0, 0.1) is 0 Å². The van der Waals surface area contributed by atoms with Crippen LogP contribution in [-0.4, -0.2) is 57.1 Å². The molecule has 0 bridgehead atoms. The molecule has 14 heteroatoms. The van der Waals surface area contributed by atoms with Crippen LogP contribution in [0.1, 0.15) is 21.5 Å². The Morgan fingerprint density at radius 3 is 2.40 bits per heavy atom. The maximum absolute atomic E-state index is 13.3. The van der Waals surface area contributed by atoms with Gasteiger partial charge in [-0.25, -0.2) is 8.42 Å². The summed E-state index contributed by atoms with van der Waals surface area (Å²) in [4.78, 5) is 16.7. The quantitative estimate of drug-likeness (QED) is 0.405. The van der Waals surface area contributed by atoms with Crippen molar-refractivity contribution in [3.05, 3.63) is 82.4 Å². The van der Waals surface area contributed by atoms with Gasteiger partial charge in [-0.15, -0.1) is 12.4 Å². The van der Waals surface area contributed by atoms with Crippen molar-refractivity contribution in [1.29, 1.82) is 0 Å². The zero-order chi connectivity index (χ0) is 27.8. The lowest BCUT2D eigenvalue weighted by Crippen LogP contribution is -2.48. The summed E-state index contributed by atoms with van der Waals surface area (Å²) in [5, 5.41) is 0.0702. The van der Waals surface area contributed by atoms with Crippen LogP contribution in [-0.2, 0) is 22.7 Å². The van der Waals surface area contributed by atoms with E-state index >= 15 is 0 Å². The minimum atomic E-state index is -4.63. The topological polar surface area (TPSA) is 88.2 Å². The van der Waals surface area contributed by atoms with Crippen LogP contribution >= 0.6 is 24.0 Å². The van der Waals surface area contributed by atoms with Gasteiger partial charge in [-0.1, -0.05) is 23.7 Å². The van der Waals surface area contributed by atoms with Crippen LogP contribution in [0.3, 0.4) is 0 Å². The van der Waals surface area contributed by atoms with Gasteiger partial charge in [0.15, 0.2) is 11.5 Å². The molecule has 1 saturated heterocycles. The van der Waals surface area contributed by atoms with Crippen molar-refractivity contribution in [2.24, 2.45) is 0 Å². The molecule has 2 aliphatic heterocycles. The first-order chi connectivity index (χ1) is 18.5. The normalized spacial score (nSPS) is 15.4. The summed E-state index contributed by atoms with van der Waals surface area (Å²) < 4.78 is 77.8. The lowest BCUT2D eigenvalue weighted by atomic mass is 10.1. The number of hydrogen-bond acceptors (Lipinski definition) is 6. The number of alkyl halides is 3. The van der Waals surface area contributed by atoms with Gasteiger partial charge in [-0.3, -0.25) is 14.4 Å². The highest BCUT2D eigenvalue weighted by atomic mass is 35.5. The van der Waals surface area contributed by atoms with E-state index in [2.05, 4.69) is 9.62 Å². The summed E-state index contributed by atoms with van der Waals surface area (Å²) in [6.07, 6.45) is -4.63. The summed E-state index contributed by atoms with van der Waals surface area (Å²) in [7, 11) is -4.30. The number of rotatable bonds is 6. The number of anilines is 1. The van der Waals surface area contributed by atoms with Crippen molar-refractivity contribution in [2.75, 3.05) is 37.7 Å². The molecule has 5 rings (SSSR count). The number of nitrogens with one attached hydrogen (secondary N) is 1. The van der Waals surface area contributed by atoms with Crippen LogP contribution in [0.25, 0.3) is 0 Å². The van der Waals surface area contributed by atoms with Crippen molar-refractivity contribution in [3.8, 4) is 11.5 Å². The van der Waals surface area contributed by atoms with Gasteiger partial charge in [-0.2, -0.15) is 13.2 Å². The van der Waals surface area contributed by atoms with Gasteiger partial charge in [0.25, 0.3) is 15.9 Å². The van der Waals surface area contributed by atoms with Gasteiger partial charge in [0, 0.05) is 38.4 Å². The van der Waals surface area contributed by atoms with Gasteiger partial charge in [0.05, 0.1) is 21.0 Å². The third-order valence-corrected chi connectivity index (χ3v) is 8.13. The van der Waals surface area contributed by atoms with Crippen molar-refractivity contribution in [1.82, 2.24) is 9.80 Å². The van der Waals surface area contributed by atoms with E-state index in [0.717, 1.165) is 23.8 Å². The van der Waals surface area contributed by atoms with Crippen LogP contribution < -0.4 is 14.2 Å². The molecule has 1 fully saturated rings. The Balaban J connectivity index is 0.00000370. The predicted molar refractivity (Wildman–Crippen MR) is 145 cm³/mol. The third-order valence-electron chi connectivity index (χ3n) is 6.42. The monoisotopic (exact) mass is 617 g/mol. The zero-order valence-electron chi connectivity index (χ0n) is 20.8. The Hall–Kier alpha value is -3.19. The largest absolute Gasteiger partial charge is 0.454 e. The maximum Gasteiger partial charge on any atom is 0.416 e. The Morgan fingerprint density at radius 1 is 0.950 bits per heavy atom. The summed E-state index contributed by atoms with van der Waals surface area (Å²) in [6.45, 7) is 2.85. The SMILES string of the molecule is Cl.O=C(c1cc(S(=O)(=O)Nc2cccc(C(F)(F)F)c2)ccc1Cl)N1CCN(Cc2ccc3c(c2)OCO3)CC1. The molecule has 8 nitrogen and oxygen atoms in total. The first-order valence-corrected chi connectivity index (χ1v) is 13.8. The molecule has 0 aliphatic carbocycles. The molecular weight excluding hydrogens is 594 g/mol. The Morgan fingerprint density at radius 2 is 1.68 bits per heavy atom.